The number of urea groups is 1. The van der Waals surface area contributed by atoms with E-state index in [1.54, 1.807) is 34.9 Å². The van der Waals surface area contributed by atoms with E-state index in [9.17, 15) is 9.59 Å². The largest absolute Gasteiger partial charge is 0.420 e. The summed E-state index contributed by atoms with van der Waals surface area (Å²) in [5.41, 5.74) is 3.16. The highest BCUT2D eigenvalue weighted by molar-refractivity contribution is 6.31. The Hall–Kier alpha value is -2.73. The number of aryl methyl sites for hydroxylation is 1. The minimum absolute atomic E-state index is 0.0119. The van der Waals surface area contributed by atoms with Gasteiger partial charge in [0.2, 0.25) is 0 Å². The molecule has 1 heterocycles. The summed E-state index contributed by atoms with van der Waals surface area (Å²) in [5, 5.41) is 6.00. The second kappa shape index (κ2) is 6.64. The standard InChI is InChI=1S/C18H18ClN3O3/c1-10(2)22-15-7-6-13(9-16(15)25-18(22)24)21-17(23)20-12-5-4-11(3)14(19)8-12/h4-10H,1-3H3,(H2,20,21,23). The van der Waals surface area contributed by atoms with Crippen LogP contribution in [0.5, 0.6) is 0 Å². The summed E-state index contributed by atoms with van der Waals surface area (Å²) in [6, 6.07) is 9.95. The number of halogens is 1. The first-order valence-corrected chi connectivity index (χ1v) is 8.22. The monoisotopic (exact) mass is 359 g/mol. The predicted octanol–water partition coefficient (Wildman–Crippen LogP) is 4.78. The molecule has 2 aromatic carbocycles. The quantitative estimate of drug-likeness (QED) is 0.706. The van der Waals surface area contributed by atoms with Crippen LogP contribution >= 0.6 is 11.6 Å². The summed E-state index contributed by atoms with van der Waals surface area (Å²) >= 11 is 6.05. The van der Waals surface area contributed by atoms with Gasteiger partial charge < -0.3 is 15.1 Å². The van der Waals surface area contributed by atoms with Crippen molar-refractivity contribution < 1.29 is 9.21 Å². The molecule has 0 unspecified atom stereocenters. The number of nitrogens with zero attached hydrogens (tertiary/aromatic N) is 1. The molecule has 0 atom stereocenters. The molecule has 2 amide bonds. The number of carbonyl (C=O) groups is 1. The van der Waals surface area contributed by atoms with Gasteiger partial charge in [-0.05, 0) is 50.6 Å². The fourth-order valence-electron chi connectivity index (χ4n) is 2.57. The van der Waals surface area contributed by atoms with Crippen LogP contribution in [0.3, 0.4) is 0 Å². The van der Waals surface area contributed by atoms with Crippen LogP contribution in [0.1, 0.15) is 25.5 Å². The molecule has 130 valence electrons. The Morgan fingerprint density at radius 3 is 2.40 bits per heavy atom. The third-order valence-corrected chi connectivity index (χ3v) is 4.22. The zero-order valence-electron chi connectivity index (χ0n) is 14.1. The summed E-state index contributed by atoms with van der Waals surface area (Å²) in [5.74, 6) is -0.416. The average molecular weight is 360 g/mol. The van der Waals surface area contributed by atoms with Crippen LogP contribution in [0.25, 0.3) is 11.1 Å². The van der Waals surface area contributed by atoms with Crippen molar-refractivity contribution in [2.45, 2.75) is 26.8 Å². The van der Waals surface area contributed by atoms with Crippen molar-refractivity contribution in [3.63, 3.8) is 0 Å². The molecular formula is C18H18ClN3O3. The molecule has 0 spiro atoms. The van der Waals surface area contributed by atoms with Crippen molar-refractivity contribution in [3.05, 3.63) is 57.5 Å². The van der Waals surface area contributed by atoms with Gasteiger partial charge in [0.25, 0.3) is 0 Å². The highest BCUT2D eigenvalue weighted by atomic mass is 35.5. The van der Waals surface area contributed by atoms with Gasteiger partial charge in [-0.2, -0.15) is 0 Å². The maximum Gasteiger partial charge on any atom is 0.420 e. The van der Waals surface area contributed by atoms with Crippen LogP contribution < -0.4 is 16.4 Å². The van der Waals surface area contributed by atoms with E-state index in [1.165, 1.54) is 0 Å². The maximum absolute atomic E-state index is 12.1. The molecule has 0 saturated heterocycles. The maximum atomic E-state index is 12.1. The number of hydrogen-bond acceptors (Lipinski definition) is 3. The SMILES string of the molecule is Cc1ccc(NC(=O)Nc2ccc3c(c2)oc(=O)n3C(C)C)cc1Cl. The first-order valence-electron chi connectivity index (χ1n) is 7.84. The number of nitrogens with one attached hydrogen (secondary N) is 2. The van der Waals surface area contributed by atoms with E-state index < -0.39 is 11.8 Å². The van der Waals surface area contributed by atoms with Crippen LogP contribution in [-0.4, -0.2) is 10.6 Å². The van der Waals surface area contributed by atoms with E-state index in [0.717, 1.165) is 5.56 Å². The van der Waals surface area contributed by atoms with Gasteiger partial charge in [-0.25, -0.2) is 9.59 Å². The van der Waals surface area contributed by atoms with Gasteiger partial charge in [-0.15, -0.1) is 0 Å². The molecule has 2 N–H and O–H groups in total. The van der Waals surface area contributed by atoms with Gasteiger partial charge in [-0.1, -0.05) is 17.7 Å². The summed E-state index contributed by atoms with van der Waals surface area (Å²) in [6.45, 7) is 5.70. The number of aromatic nitrogens is 1. The lowest BCUT2D eigenvalue weighted by Gasteiger charge is -2.09. The zero-order valence-corrected chi connectivity index (χ0v) is 14.8. The van der Waals surface area contributed by atoms with Crippen LogP contribution in [0.15, 0.2) is 45.6 Å². The summed E-state index contributed by atoms with van der Waals surface area (Å²) in [6.07, 6.45) is 0. The van der Waals surface area contributed by atoms with E-state index in [2.05, 4.69) is 10.6 Å². The molecule has 0 aliphatic carbocycles. The van der Waals surface area contributed by atoms with Gasteiger partial charge in [0.15, 0.2) is 5.58 Å². The molecule has 7 heteroatoms. The van der Waals surface area contributed by atoms with Gasteiger partial charge in [0.05, 0.1) is 5.52 Å². The number of carbonyl (C=O) groups excluding carboxylic acids is 1. The van der Waals surface area contributed by atoms with E-state index in [-0.39, 0.29) is 6.04 Å². The van der Waals surface area contributed by atoms with Crippen LogP contribution in [0, 0.1) is 6.92 Å². The number of oxazole rings is 1. The second-order valence-corrected chi connectivity index (χ2v) is 6.46. The van der Waals surface area contributed by atoms with Crippen molar-refractivity contribution >= 4 is 40.1 Å². The lowest BCUT2D eigenvalue weighted by molar-refractivity contribution is 0.262. The van der Waals surface area contributed by atoms with E-state index in [0.29, 0.717) is 27.5 Å². The van der Waals surface area contributed by atoms with E-state index >= 15 is 0 Å². The minimum Gasteiger partial charge on any atom is -0.408 e. The van der Waals surface area contributed by atoms with Crippen molar-refractivity contribution in [3.8, 4) is 0 Å². The minimum atomic E-state index is -0.416. The van der Waals surface area contributed by atoms with Crippen molar-refractivity contribution in [2.75, 3.05) is 10.6 Å². The Labute approximate surface area is 149 Å². The Bertz CT molecular complexity index is 1000. The number of benzene rings is 2. The molecule has 0 fully saturated rings. The topological polar surface area (TPSA) is 76.3 Å². The van der Waals surface area contributed by atoms with Gasteiger partial charge in [0.1, 0.15) is 0 Å². The Kier molecular flexibility index (Phi) is 4.55. The fraction of sp³-hybridized carbons (Fsp3) is 0.222. The number of fused-ring (bicyclic) bond motifs is 1. The molecule has 0 radical (unpaired) electrons. The molecule has 0 saturated carbocycles. The van der Waals surface area contributed by atoms with Crippen molar-refractivity contribution in [2.24, 2.45) is 0 Å². The molecule has 0 aliphatic rings. The Balaban J connectivity index is 1.79. The van der Waals surface area contributed by atoms with E-state index in [4.69, 9.17) is 16.0 Å². The summed E-state index contributed by atoms with van der Waals surface area (Å²) < 4.78 is 6.81. The normalized spacial score (nSPS) is 11.1. The first-order chi connectivity index (χ1) is 11.8. The average Bonchev–Trinajstić information content (AvgIpc) is 2.86. The molecule has 3 aromatic rings. The van der Waals surface area contributed by atoms with Gasteiger partial charge in [-0.3, -0.25) is 4.57 Å². The van der Waals surface area contributed by atoms with Crippen LogP contribution in [0.4, 0.5) is 16.2 Å². The molecule has 1 aromatic heterocycles. The highest BCUT2D eigenvalue weighted by Crippen LogP contribution is 2.22. The second-order valence-electron chi connectivity index (χ2n) is 6.06. The van der Waals surface area contributed by atoms with Crippen molar-refractivity contribution in [1.29, 1.82) is 0 Å². The number of rotatable bonds is 3. The molecule has 0 aliphatic heterocycles. The first kappa shape index (κ1) is 17.1. The third-order valence-electron chi connectivity index (χ3n) is 3.82. The smallest absolute Gasteiger partial charge is 0.408 e. The van der Waals surface area contributed by atoms with Gasteiger partial charge in [0, 0.05) is 28.5 Å². The summed E-state index contributed by atoms with van der Waals surface area (Å²) in [7, 11) is 0. The van der Waals surface area contributed by atoms with E-state index in [1.807, 2.05) is 26.8 Å². The molecule has 25 heavy (non-hydrogen) atoms. The number of anilines is 2. The van der Waals surface area contributed by atoms with Gasteiger partial charge >= 0.3 is 11.8 Å². The van der Waals surface area contributed by atoms with Crippen LogP contribution in [0.2, 0.25) is 5.02 Å². The number of hydrogen-bond donors (Lipinski definition) is 2. The molecule has 6 nitrogen and oxygen atoms in total. The zero-order chi connectivity index (χ0) is 18.1. The predicted molar refractivity (Wildman–Crippen MR) is 99.7 cm³/mol. The lowest BCUT2D eigenvalue weighted by atomic mass is 10.2. The lowest BCUT2D eigenvalue weighted by Crippen LogP contribution is -2.19. The third kappa shape index (κ3) is 3.53. The Morgan fingerprint density at radius 1 is 1.12 bits per heavy atom. The van der Waals surface area contributed by atoms with Crippen LogP contribution in [-0.2, 0) is 0 Å². The van der Waals surface area contributed by atoms with Crippen molar-refractivity contribution in [1.82, 2.24) is 4.57 Å². The number of amides is 2. The fourth-order valence-corrected chi connectivity index (χ4v) is 2.75. The highest BCUT2D eigenvalue weighted by Gasteiger charge is 2.13. The molecular weight excluding hydrogens is 342 g/mol. The summed E-state index contributed by atoms with van der Waals surface area (Å²) in [4.78, 5) is 24.0. The Morgan fingerprint density at radius 2 is 1.76 bits per heavy atom. The molecule has 3 rings (SSSR count). The molecule has 0 bridgehead atoms.